The number of non-ortho nitro benzene ring substituents is 1. The lowest BCUT2D eigenvalue weighted by molar-refractivity contribution is -0.384. The highest BCUT2D eigenvalue weighted by atomic mass is 16.6. The molecule has 3 N–H and O–H groups in total. The monoisotopic (exact) mass is 267 g/mol. The molecule has 102 valence electrons. The minimum Gasteiger partial charge on any atom is -0.465 e. The first-order chi connectivity index (χ1) is 8.97. The van der Waals surface area contributed by atoms with Crippen molar-refractivity contribution in [1.29, 1.82) is 0 Å². The highest BCUT2D eigenvalue weighted by Gasteiger charge is 2.15. The maximum atomic E-state index is 11.4. The van der Waals surface area contributed by atoms with E-state index in [1.165, 1.54) is 6.07 Å². The normalized spacial score (nSPS) is 9.79. The molecule has 0 aliphatic heterocycles. The second-order valence-corrected chi connectivity index (χ2v) is 3.60. The van der Waals surface area contributed by atoms with Gasteiger partial charge in [0.05, 0.1) is 17.6 Å². The molecule has 0 bridgehead atoms. The Morgan fingerprint density at radius 1 is 1.42 bits per heavy atom. The zero-order valence-corrected chi connectivity index (χ0v) is 10.2. The Bertz CT molecular complexity index is 515. The zero-order chi connectivity index (χ0) is 14.4. The van der Waals surface area contributed by atoms with Gasteiger partial charge in [0.2, 0.25) is 5.91 Å². The maximum absolute atomic E-state index is 11.4. The number of carbonyl (C=O) groups excluding carboxylic acids is 2. The number of nitrogens with zero attached hydrogens (tertiary/aromatic N) is 1. The number of anilines is 1. The van der Waals surface area contributed by atoms with Crippen LogP contribution >= 0.6 is 0 Å². The molecule has 8 nitrogen and oxygen atoms in total. The van der Waals surface area contributed by atoms with E-state index in [9.17, 15) is 19.7 Å². The summed E-state index contributed by atoms with van der Waals surface area (Å²) in [6.45, 7) is 0.157. The van der Waals surface area contributed by atoms with Gasteiger partial charge in [0.1, 0.15) is 0 Å². The minimum atomic E-state index is -0.724. The van der Waals surface area contributed by atoms with E-state index in [1.54, 1.807) is 0 Å². The van der Waals surface area contributed by atoms with Crippen LogP contribution in [0.4, 0.5) is 11.4 Å². The fourth-order valence-corrected chi connectivity index (χ4v) is 1.38. The predicted octanol–water partition coefficient (Wildman–Crippen LogP) is 0.669. The predicted molar refractivity (Wildman–Crippen MR) is 66.7 cm³/mol. The number of amides is 1. The largest absolute Gasteiger partial charge is 0.465 e. The van der Waals surface area contributed by atoms with Crippen molar-refractivity contribution in [3.8, 4) is 0 Å². The summed E-state index contributed by atoms with van der Waals surface area (Å²) in [6.07, 6.45) is 0.0796. The van der Waals surface area contributed by atoms with Crippen LogP contribution in [0.15, 0.2) is 18.2 Å². The van der Waals surface area contributed by atoms with E-state index >= 15 is 0 Å². The summed E-state index contributed by atoms with van der Waals surface area (Å²) >= 11 is 0. The molecule has 0 unspecified atom stereocenters. The molecule has 0 aromatic heterocycles. The lowest BCUT2D eigenvalue weighted by Crippen LogP contribution is -2.16. The minimum absolute atomic E-state index is 0.0141. The average molecular weight is 267 g/mol. The summed E-state index contributed by atoms with van der Waals surface area (Å²) in [6, 6.07) is 3.53. The number of carbonyl (C=O) groups is 2. The summed E-state index contributed by atoms with van der Waals surface area (Å²) in [7, 11) is 1.16. The first kappa shape index (κ1) is 14.6. The van der Waals surface area contributed by atoms with E-state index in [0.717, 1.165) is 19.2 Å². The van der Waals surface area contributed by atoms with E-state index in [0.29, 0.717) is 0 Å². The number of hydrogen-bond acceptors (Lipinski definition) is 6. The Balaban J connectivity index is 3.09. The topological polar surface area (TPSA) is 125 Å². The average Bonchev–Trinajstić information content (AvgIpc) is 2.37. The van der Waals surface area contributed by atoms with Crippen LogP contribution in [-0.4, -0.2) is 30.5 Å². The van der Waals surface area contributed by atoms with Crippen molar-refractivity contribution in [2.75, 3.05) is 19.0 Å². The fourth-order valence-electron chi connectivity index (χ4n) is 1.38. The first-order valence-corrected chi connectivity index (χ1v) is 5.35. The van der Waals surface area contributed by atoms with E-state index in [2.05, 4.69) is 10.1 Å². The molecule has 0 atom stereocenters. The van der Waals surface area contributed by atoms with Gasteiger partial charge in [0.15, 0.2) is 0 Å². The molecule has 0 aliphatic rings. The van der Waals surface area contributed by atoms with E-state index in [4.69, 9.17) is 5.73 Å². The molecule has 1 rings (SSSR count). The smallest absolute Gasteiger partial charge is 0.338 e. The highest BCUT2D eigenvalue weighted by Crippen LogP contribution is 2.21. The summed E-state index contributed by atoms with van der Waals surface area (Å²) in [5.74, 6) is -1.11. The molecule has 1 amide bonds. The van der Waals surface area contributed by atoms with Gasteiger partial charge in [-0.3, -0.25) is 14.9 Å². The molecule has 1 aromatic rings. The van der Waals surface area contributed by atoms with Crippen LogP contribution in [0.25, 0.3) is 0 Å². The third-order valence-corrected chi connectivity index (χ3v) is 2.20. The molecule has 0 radical (unpaired) electrons. The zero-order valence-electron chi connectivity index (χ0n) is 10.2. The summed E-state index contributed by atoms with van der Waals surface area (Å²) in [4.78, 5) is 32.8. The lowest BCUT2D eigenvalue weighted by Gasteiger charge is -2.06. The number of esters is 1. The number of nitro benzene ring substituents is 1. The van der Waals surface area contributed by atoms with Crippen molar-refractivity contribution in [1.82, 2.24) is 0 Å². The van der Waals surface area contributed by atoms with Gasteiger partial charge in [-0.2, -0.15) is 0 Å². The highest BCUT2D eigenvalue weighted by molar-refractivity contribution is 5.95. The summed E-state index contributed by atoms with van der Waals surface area (Å²) in [5.41, 5.74) is 5.04. The Morgan fingerprint density at radius 2 is 2.11 bits per heavy atom. The molecule has 0 aliphatic carbocycles. The Morgan fingerprint density at radius 3 is 2.63 bits per heavy atom. The van der Waals surface area contributed by atoms with Crippen molar-refractivity contribution < 1.29 is 19.2 Å². The van der Waals surface area contributed by atoms with Crippen LogP contribution in [0.3, 0.4) is 0 Å². The second kappa shape index (κ2) is 6.45. The Labute approximate surface area is 108 Å². The Hall–Kier alpha value is -2.48. The summed E-state index contributed by atoms with van der Waals surface area (Å²) < 4.78 is 4.48. The second-order valence-electron chi connectivity index (χ2n) is 3.60. The van der Waals surface area contributed by atoms with Gasteiger partial charge in [-0.25, -0.2) is 4.79 Å². The number of ether oxygens (including phenoxy) is 1. The van der Waals surface area contributed by atoms with Crippen LogP contribution in [-0.2, 0) is 9.53 Å². The van der Waals surface area contributed by atoms with Crippen LogP contribution in [0, 0.1) is 10.1 Å². The SMILES string of the molecule is COC(=O)c1cc(NC(=O)CCN)cc([N+](=O)[O-])c1. The Kier molecular flexibility index (Phi) is 4.95. The molecule has 0 saturated heterocycles. The molecule has 1 aromatic carbocycles. The maximum Gasteiger partial charge on any atom is 0.338 e. The first-order valence-electron chi connectivity index (χ1n) is 5.35. The van der Waals surface area contributed by atoms with Gasteiger partial charge < -0.3 is 15.8 Å². The molecule has 8 heteroatoms. The molecular formula is C11H13N3O5. The quantitative estimate of drug-likeness (QED) is 0.459. The standard InChI is InChI=1S/C11H13N3O5/c1-19-11(16)7-4-8(13-10(15)2-3-12)6-9(5-7)14(17)18/h4-6H,2-3,12H2,1H3,(H,13,15). The van der Waals surface area contributed by atoms with Gasteiger partial charge in [0.25, 0.3) is 5.69 Å². The molecule has 0 heterocycles. The van der Waals surface area contributed by atoms with Crippen LogP contribution in [0.1, 0.15) is 16.8 Å². The van der Waals surface area contributed by atoms with E-state index in [1.807, 2.05) is 0 Å². The van der Waals surface area contributed by atoms with Crippen molar-refractivity contribution in [3.63, 3.8) is 0 Å². The number of nitrogens with one attached hydrogen (secondary N) is 1. The van der Waals surface area contributed by atoms with Gasteiger partial charge in [-0.05, 0) is 6.07 Å². The van der Waals surface area contributed by atoms with Crippen LogP contribution < -0.4 is 11.1 Å². The van der Waals surface area contributed by atoms with Crippen molar-refractivity contribution in [2.45, 2.75) is 6.42 Å². The molecule has 0 spiro atoms. The van der Waals surface area contributed by atoms with Gasteiger partial charge in [0, 0.05) is 30.8 Å². The van der Waals surface area contributed by atoms with Crippen LogP contribution in [0.5, 0.6) is 0 Å². The van der Waals surface area contributed by atoms with Gasteiger partial charge >= 0.3 is 5.97 Å². The van der Waals surface area contributed by atoms with E-state index < -0.39 is 10.9 Å². The van der Waals surface area contributed by atoms with Crippen LogP contribution in [0.2, 0.25) is 0 Å². The lowest BCUT2D eigenvalue weighted by atomic mass is 10.1. The number of rotatable bonds is 5. The number of benzene rings is 1. The van der Waals surface area contributed by atoms with Crippen molar-refractivity contribution >= 4 is 23.3 Å². The fraction of sp³-hybridized carbons (Fsp3) is 0.273. The van der Waals surface area contributed by atoms with Crippen molar-refractivity contribution in [2.24, 2.45) is 5.73 Å². The number of nitro groups is 1. The number of nitrogens with two attached hydrogens (primary N) is 1. The van der Waals surface area contributed by atoms with Crippen molar-refractivity contribution in [3.05, 3.63) is 33.9 Å². The number of methoxy groups -OCH3 is 1. The molecule has 0 fully saturated rings. The molecule has 0 saturated carbocycles. The van der Waals surface area contributed by atoms with E-state index in [-0.39, 0.29) is 35.8 Å². The van der Waals surface area contributed by atoms with Gasteiger partial charge in [-0.1, -0.05) is 0 Å². The third kappa shape index (κ3) is 4.03. The van der Waals surface area contributed by atoms with Gasteiger partial charge in [-0.15, -0.1) is 0 Å². The number of hydrogen-bond donors (Lipinski definition) is 2. The molecule has 19 heavy (non-hydrogen) atoms. The summed E-state index contributed by atoms with van der Waals surface area (Å²) in [5, 5.41) is 13.2. The molecular weight excluding hydrogens is 254 g/mol. The third-order valence-electron chi connectivity index (χ3n) is 2.20.